The van der Waals surface area contributed by atoms with Crippen LogP contribution in [-0.4, -0.2) is 11.1 Å². The molecule has 0 aliphatic rings. The third-order valence-corrected chi connectivity index (χ3v) is 4.79. The summed E-state index contributed by atoms with van der Waals surface area (Å²) in [5, 5.41) is 12.1. The molecule has 2 aromatic carbocycles. The number of thiophene rings is 1. The van der Waals surface area contributed by atoms with E-state index in [1.165, 1.54) is 5.56 Å². The van der Waals surface area contributed by atoms with Crippen LogP contribution in [0.15, 0.2) is 69.9 Å². The lowest BCUT2D eigenvalue weighted by atomic mass is 10.0. The normalized spacial score (nSPS) is 10.9. The van der Waals surface area contributed by atoms with Crippen LogP contribution in [0.1, 0.15) is 11.3 Å². The highest BCUT2D eigenvalue weighted by Gasteiger charge is 2.12. The van der Waals surface area contributed by atoms with E-state index in [1.807, 2.05) is 42.5 Å². The standard InChI is InChI=1S/C20H16N2O2S/c23-20(11-18-17-7-3-4-8-19(17)24-22-18)21-12-14-5-1-2-6-16(14)15-9-10-25-13-15/h1-10,13H,11-12H2,(H,21,23). The Labute approximate surface area is 149 Å². The van der Waals surface area contributed by atoms with E-state index in [4.69, 9.17) is 4.52 Å². The van der Waals surface area contributed by atoms with Gasteiger partial charge in [0.15, 0.2) is 5.58 Å². The van der Waals surface area contributed by atoms with Crippen molar-refractivity contribution in [1.29, 1.82) is 0 Å². The molecule has 0 fully saturated rings. The summed E-state index contributed by atoms with van der Waals surface area (Å²) in [6, 6.07) is 17.8. The van der Waals surface area contributed by atoms with Crippen molar-refractivity contribution in [3.63, 3.8) is 0 Å². The van der Waals surface area contributed by atoms with Gasteiger partial charge in [0.05, 0.1) is 6.42 Å². The molecule has 1 N–H and O–H groups in total. The van der Waals surface area contributed by atoms with Crippen molar-refractivity contribution < 1.29 is 9.32 Å². The van der Waals surface area contributed by atoms with Crippen molar-refractivity contribution in [3.8, 4) is 11.1 Å². The first-order valence-corrected chi connectivity index (χ1v) is 8.96. The van der Waals surface area contributed by atoms with Gasteiger partial charge in [-0.1, -0.05) is 41.6 Å². The molecule has 0 bridgehead atoms. The third kappa shape index (κ3) is 3.32. The number of hydrogen-bond acceptors (Lipinski definition) is 4. The maximum absolute atomic E-state index is 12.3. The van der Waals surface area contributed by atoms with E-state index in [2.05, 4.69) is 33.4 Å². The van der Waals surface area contributed by atoms with Crippen LogP contribution < -0.4 is 5.32 Å². The number of aromatic nitrogens is 1. The minimum atomic E-state index is -0.0702. The molecule has 0 aliphatic carbocycles. The quantitative estimate of drug-likeness (QED) is 0.581. The van der Waals surface area contributed by atoms with Gasteiger partial charge in [0.1, 0.15) is 5.69 Å². The van der Waals surface area contributed by atoms with Crippen molar-refractivity contribution in [2.24, 2.45) is 0 Å². The average Bonchev–Trinajstić information content (AvgIpc) is 3.31. The summed E-state index contributed by atoms with van der Waals surface area (Å²) >= 11 is 1.67. The van der Waals surface area contributed by atoms with Crippen LogP contribution in [0.4, 0.5) is 0 Å². The second-order valence-corrected chi connectivity index (χ2v) is 6.53. The van der Waals surface area contributed by atoms with Gasteiger partial charge in [-0.05, 0) is 45.6 Å². The molecule has 0 unspecified atom stereocenters. The van der Waals surface area contributed by atoms with Crippen LogP contribution in [0.5, 0.6) is 0 Å². The zero-order valence-corrected chi connectivity index (χ0v) is 14.3. The van der Waals surface area contributed by atoms with Crippen LogP contribution in [0.2, 0.25) is 0 Å². The fraction of sp³-hybridized carbons (Fsp3) is 0.100. The SMILES string of the molecule is O=C(Cc1noc2ccccc12)NCc1ccccc1-c1ccsc1. The number of carbonyl (C=O) groups excluding carboxylic acids is 1. The van der Waals surface area contributed by atoms with E-state index >= 15 is 0 Å². The monoisotopic (exact) mass is 348 g/mol. The van der Waals surface area contributed by atoms with Gasteiger partial charge in [-0.2, -0.15) is 11.3 Å². The molecule has 4 aromatic rings. The molecule has 2 heterocycles. The van der Waals surface area contributed by atoms with E-state index in [0.29, 0.717) is 17.8 Å². The number of amides is 1. The first-order valence-electron chi connectivity index (χ1n) is 8.02. The molecule has 0 saturated carbocycles. The third-order valence-electron chi connectivity index (χ3n) is 4.11. The number of fused-ring (bicyclic) bond motifs is 1. The van der Waals surface area contributed by atoms with Crippen molar-refractivity contribution in [1.82, 2.24) is 10.5 Å². The van der Waals surface area contributed by atoms with E-state index in [9.17, 15) is 4.79 Å². The van der Waals surface area contributed by atoms with Crippen LogP contribution in [-0.2, 0) is 17.8 Å². The predicted molar refractivity (Wildman–Crippen MR) is 99.3 cm³/mol. The minimum absolute atomic E-state index is 0.0702. The first kappa shape index (κ1) is 15.6. The zero-order chi connectivity index (χ0) is 17.1. The molecule has 5 heteroatoms. The molecule has 1 amide bonds. The highest BCUT2D eigenvalue weighted by Crippen LogP contribution is 2.25. The van der Waals surface area contributed by atoms with Gasteiger partial charge in [-0.3, -0.25) is 4.79 Å². The van der Waals surface area contributed by atoms with Gasteiger partial charge in [-0.15, -0.1) is 0 Å². The fourth-order valence-electron chi connectivity index (χ4n) is 2.85. The summed E-state index contributed by atoms with van der Waals surface area (Å²) in [5.74, 6) is -0.0702. The smallest absolute Gasteiger partial charge is 0.226 e. The Kier molecular flexibility index (Phi) is 4.31. The van der Waals surface area contributed by atoms with Gasteiger partial charge in [-0.25, -0.2) is 0 Å². The number of carbonyl (C=O) groups is 1. The maximum Gasteiger partial charge on any atom is 0.226 e. The zero-order valence-electron chi connectivity index (χ0n) is 13.4. The number of hydrogen-bond donors (Lipinski definition) is 1. The molecule has 0 radical (unpaired) electrons. The second kappa shape index (κ2) is 6.91. The Hall–Kier alpha value is -2.92. The van der Waals surface area contributed by atoms with Crippen LogP contribution in [0.3, 0.4) is 0 Å². The number of rotatable bonds is 5. The molecule has 4 rings (SSSR count). The molecule has 2 aromatic heterocycles. The lowest BCUT2D eigenvalue weighted by molar-refractivity contribution is -0.120. The van der Waals surface area contributed by atoms with Gasteiger partial charge >= 0.3 is 0 Å². The van der Waals surface area contributed by atoms with Crippen LogP contribution >= 0.6 is 11.3 Å². The summed E-state index contributed by atoms with van der Waals surface area (Å²) in [7, 11) is 0. The summed E-state index contributed by atoms with van der Waals surface area (Å²) in [6.07, 6.45) is 0.206. The Bertz CT molecular complexity index is 1010. The minimum Gasteiger partial charge on any atom is -0.356 e. The molecule has 124 valence electrons. The van der Waals surface area contributed by atoms with Crippen molar-refractivity contribution in [2.75, 3.05) is 0 Å². The Balaban J connectivity index is 1.46. The van der Waals surface area contributed by atoms with Gasteiger partial charge in [0, 0.05) is 11.9 Å². The molecule has 0 atom stereocenters. The van der Waals surface area contributed by atoms with Crippen molar-refractivity contribution >= 4 is 28.2 Å². The predicted octanol–water partition coefficient (Wildman–Crippen LogP) is 4.42. The topological polar surface area (TPSA) is 55.1 Å². The Morgan fingerprint density at radius 3 is 2.80 bits per heavy atom. The van der Waals surface area contributed by atoms with Gasteiger partial charge < -0.3 is 9.84 Å². The van der Waals surface area contributed by atoms with Gasteiger partial charge in [0.2, 0.25) is 5.91 Å². The Morgan fingerprint density at radius 1 is 1.08 bits per heavy atom. The lowest BCUT2D eigenvalue weighted by Gasteiger charge is -2.09. The number of nitrogens with zero attached hydrogens (tertiary/aromatic N) is 1. The average molecular weight is 348 g/mol. The van der Waals surface area contributed by atoms with Crippen LogP contribution in [0.25, 0.3) is 22.1 Å². The van der Waals surface area contributed by atoms with Crippen molar-refractivity contribution in [3.05, 3.63) is 76.6 Å². The van der Waals surface area contributed by atoms with E-state index in [-0.39, 0.29) is 12.3 Å². The molecule has 0 aliphatic heterocycles. The lowest BCUT2D eigenvalue weighted by Crippen LogP contribution is -2.25. The maximum atomic E-state index is 12.3. The number of nitrogens with one attached hydrogen (secondary N) is 1. The van der Waals surface area contributed by atoms with Gasteiger partial charge in [0.25, 0.3) is 0 Å². The van der Waals surface area contributed by atoms with E-state index < -0.39 is 0 Å². The summed E-state index contributed by atoms with van der Waals surface area (Å²) in [4.78, 5) is 12.3. The summed E-state index contributed by atoms with van der Waals surface area (Å²) in [5.41, 5.74) is 4.79. The molecule has 0 saturated heterocycles. The second-order valence-electron chi connectivity index (χ2n) is 5.75. The fourth-order valence-corrected chi connectivity index (χ4v) is 3.50. The number of para-hydroxylation sites is 1. The van der Waals surface area contributed by atoms with Crippen molar-refractivity contribution in [2.45, 2.75) is 13.0 Å². The molecule has 0 spiro atoms. The highest BCUT2D eigenvalue weighted by atomic mass is 32.1. The van der Waals surface area contributed by atoms with E-state index in [0.717, 1.165) is 16.5 Å². The van der Waals surface area contributed by atoms with Crippen LogP contribution in [0, 0.1) is 0 Å². The highest BCUT2D eigenvalue weighted by molar-refractivity contribution is 7.08. The molecule has 25 heavy (non-hydrogen) atoms. The largest absolute Gasteiger partial charge is 0.356 e. The first-order chi connectivity index (χ1) is 12.3. The van der Waals surface area contributed by atoms with E-state index in [1.54, 1.807) is 11.3 Å². The Morgan fingerprint density at radius 2 is 1.92 bits per heavy atom. The summed E-state index contributed by atoms with van der Waals surface area (Å²) < 4.78 is 5.25. The molecule has 4 nitrogen and oxygen atoms in total. The summed E-state index contributed by atoms with van der Waals surface area (Å²) in [6.45, 7) is 0.487. The molecular weight excluding hydrogens is 332 g/mol. The molecular formula is C20H16N2O2S. The number of benzene rings is 2.